The zero-order valence-electron chi connectivity index (χ0n) is 19.0. The lowest BCUT2D eigenvalue weighted by Gasteiger charge is -2.28. The Morgan fingerprint density at radius 3 is 2.54 bits per heavy atom. The molecule has 1 aromatic carbocycles. The minimum Gasteiger partial charge on any atom is -0.378 e. The van der Waals surface area contributed by atoms with Gasteiger partial charge in [-0.3, -0.25) is 9.78 Å². The van der Waals surface area contributed by atoms with Crippen molar-refractivity contribution in [1.29, 1.82) is 0 Å². The molecule has 0 saturated carbocycles. The van der Waals surface area contributed by atoms with Crippen LogP contribution in [0.3, 0.4) is 0 Å². The van der Waals surface area contributed by atoms with E-state index < -0.39 is 12.1 Å². The van der Waals surface area contributed by atoms with Gasteiger partial charge in [-0.15, -0.1) is 0 Å². The van der Waals surface area contributed by atoms with Crippen LogP contribution in [0.4, 0.5) is 21.8 Å². The van der Waals surface area contributed by atoms with Crippen molar-refractivity contribution in [3.05, 3.63) is 48.9 Å². The fourth-order valence-electron chi connectivity index (χ4n) is 3.76. The number of amides is 1. The van der Waals surface area contributed by atoms with Gasteiger partial charge in [0.25, 0.3) is 5.91 Å². The number of nitrogens with one attached hydrogen (secondary N) is 1. The highest BCUT2D eigenvalue weighted by Gasteiger charge is 2.20. The Bertz CT molecular complexity index is 1370. The molecule has 4 heterocycles. The van der Waals surface area contributed by atoms with Crippen molar-refractivity contribution >= 4 is 34.4 Å². The molecular formula is C24H23FN8O2. The van der Waals surface area contributed by atoms with Gasteiger partial charge in [0.05, 0.1) is 24.3 Å². The summed E-state index contributed by atoms with van der Waals surface area (Å²) in [6.45, 7) is 3.76. The zero-order valence-corrected chi connectivity index (χ0v) is 19.0. The maximum atomic E-state index is 13.3. The predicted octanol–water partition coefficient (Wildman–Crippen LogP) is 2.86. The summed E-state index contributed by atoms with van der Waals surface area (Å²) < 4.78 is 18.8. The average Bonchev–Trinajstić information content (AvgIpc) is 2.88. The number of halogens is 1. The van der Waals surface area contributed by atoms with Crippen LogP contribution in [0.2, 0.25) is 0 Å². The third-order valence-corrected chi connectivity index (χ3v) is 5.58. The van der Waals surface area contributed by atoms with Gasteiger partial charge in [0.15, 0.2) is 17.8 Å². The van der Waals surface area contributed by atoms with Gasteiger partial charge >= 0.3 is 0 Å². The summed E-state index contributed by atoms with van der Waals surface area (Å²) in [5.41, 5.74) is 9.65. The molecule has 1 fully saturated rings. The fraction of sp³-hybridized carbons (Fsp3) is 0.250. The van der Waals surface area contributed by atoms with Crippen LogP contribution in [0, 0.1) is 0 Å². The lowest BCUT2D eigenvalue weighted by Crippen LogP contribution is -2.37. The van der Waals surface area contributed by atoms with Crippen LogP contribution in [0.25, 0.3) is 33.5 Å². The van der Waals surface area contributed by atoms with Crippen molar-refractivity contribution in [3.63, 3.8) is 0 Å². The number of morpholine rings is 1. The summed E-state index contributed by atoms with van der Waals surface area (Å²) in [5.74, 6) is 0.628. The van der Waals surface area contributed by atoms with Crippen LogP contribution < -0.4 is 16.0 Å². The van der Waals surface area contributed by atoms with Crippen molar-refractivity contribution in [2.75, 3.05) is 42.3 Å². The van der Waals surface area contributed by atoms with E-state index in [1.807, 2.05) is 12.1 Å². The van der Waals surface area contributed by atoms with E-state index in [2.05, 4.69) is 20.2 Å². The molecule has 0 spiro atoms. The topological polar surface area (TPSA) is 132 Å². The van der Waals surface area contributed by atoms with Crippen molar-refractivity contribution in [1.82, 2.24) is 24.9 Å². The van der Waals surface area contributed by atoms with Crippen LogP contribution in [0.5, 0.6) is 0 Å². The van der Waals surface area contributed by atoms with Gasteiger partial charge in [-0.2, -0.15) is 0 Å². The van der Waals surface area contributed by atoms with E-state index in [0.29, 0.717) is 60.2 Å². The molecule has 0 aliphatic carbocycles. The first kappa shape index (κ1) is 22.5. The number of alkyl halides is 1. The standard InChI is InChI=1S/C24H23FN8O2/c1-14(25)23(34)30-18-4-2-3-15(9-18)16-10-19-20(27-11-16)22(33-5-7-35-8-6-33)32-21(31-19)17-12-28-24(26)29-13-17/h2-4,9-14H,5-8H2,1H3,(H,30,34)(H2,26,28,29). The number of benzene rings is 1. The third-order valence-electron chi connectivity index (χ3n) is 5.58. The van der Waals surface area contributed by atoms with Gasteiger partial charge < -0.3 is 20.7 Å². The predicted molar refractivity (Wildman–Crippen MR) is 130 cm³/mol. The van der Waals surface area contributed by atoms with Crippen LogP contribution >= 0.6 is 0 Å². The molecule has 1 aliphatic heterocycles. The molecule has 1 amide bonds. The van der Waals surface area contributed by atoms with Gasteiger partial charge in [-0.25, -0.2) is 24.3 Å². The monoisotopic (exact) mass is 474 g/mol. The number of hydrogen-bond acceptors (Lipinski definition) is 9. The molecule has 10 nitrogen and oxygen atoms in total. The molecule has 1 aliphatic rings. The number of carbonyl (C=O) groups is 1. The highest BCUT2D eigenvalue weighted by Crippen LogP contribution is 2.30. The molecule has 1 unspecified atom stereocenters. The van der Waals surface area contributed by atoms with Gasteiger partial charge in [0.1, 0.15) is 5.52 Å². The van der Waals surface area contributed by atoms with Crippen LogP contribution in [0.1, 0.15) is 6.92 Å². The van der Waals surface area contributed by atoms with E-state index in [9.17, 15) is 9.18 Å². The maximum absolute atomic E-state index is 13.3. The van der Waals surface area contributed by atoms with E-state index in [1.54, 1.807) is 36.8 Å². The minimum atomic E-state index is -1.60. The van der Waals surface area contributed by atoms with Crippen molar-refractivity contribution in [2.24, 2.45) is 0 Å². The van der Waals surface area contributed by atoms with Crippen LogP contribution in [-0.2, 0) is 9.53 Å². The van der Waals surface area contributed by atoms with Crippen molar-refractivity contribution in [2.45, 2.75) is 13.1 Å². The number of nitrogen functional groups attached to an aromatic ring is 1. The first-order valence-corrected chi connectivity index (χ1v) is 11.1. The Kier molecular flexibility index (Phi) is 6.15. The van der Waals surface area contributed by atoms with Crippen LogP contribution in [0.15, 0.2) is 48.9 Å². The molecule has 1 saturated heterocycles. The Hall–Kier alpha value is -4.25. The van der Waals surface area contributed by atoms with Gasteiger partial charge in [0.2, 0.25) is 5.95 Å². The molecule has 11 heteroatoms. The lowest BCUT2D eigenvalue weighted by atomic mass is 10.1. The van der Waals surface area contributed by atoms with Gasteiger partial charge in [-0.05, 0) is 30.7 Å². The number of ether oxygens (including phenoxy) is 1. The lowest BCUT2D eigenvalue weighted by molar-refractivity contribution is -0.120. The largest absolute Gasteiger partial charge is 0.378 e. The number of nitrogens with two attached hydrogens (primary N) is 1. The van der Waals surface area contributed by atoms with Gasteiger partial charge in [0, 0.05) is 42.9 Å². The number of rotatable bonds is 5. The molecule has 3 aromatic heterocycles. The second-order valence-corrected chi connectivity index (χ2v) is 8.08. The van der Waals surface area contributed by atoms with Crippen LogP contribution in [-0.4, -0.2) is 63.3 Å². The summed E-state index contributed by atoms with van der Waals surface area (Å²) in [6, 6.07) is 9.05. The summed E-state index contributed by atoms with van der Waals surface area (Å²) in [4.78, 5) is 36.2. The smallest absolute Gasteiger partial charge is 0.258 e. The maximum Gasteiger partial charge on any atom is 0.258 e. The zero-order chi connectivity index (χ0) is 24.4. The molecular weight excluding hydrogens is 451 g/mol. The number of fused-ring (bicyclic) bond motifs is 1. The molecule has 0 radical (unpaired) electrons. The normalized spacial score (nSPS) is 14.6. The quantitative estimate of drug-likeness (QED) is 0.448. The number of pyridine rings is 1. The molecule has 178 valence electrons. The first-order valence-electron chi connectivity index (χ1n) is 11.1. The summed E-state index contributed by atoms with van der Waals surface area (Å²) in [7, 11) is 0. The molecule has 3 N–H and O–H groups in total. The van der Waals surface area contributed by atoms with Crippen molar-refractivity contribution < 1.29 is 13.9 Å². The van der Waals surface area contributed by atoms with E-state index >= 15 is 0 Å². The third kappa shape index (κ3) is 4.85. The van der Waals surface area contributed by atoms with E-state index in [-0.39, 0.29) is 5.95 Å². The number of anilines is 3. The fourth-order valence-corrected chi connectivity index (χ4v) is 3.76. The molecule has 5 rings (SSSR count). The second-order valence-electron chi connectivity index (χ2n) is 8.08. The summed E-state index contributed by atoms with van der Waals surface area (Å²) >= 11 is 0. The minimum absolute atomic E-state index is 0.168. The highest BCUT2D eigenvalue weighted by atomic mass is 19.1. The number of carbonyl (C=O) groups excluding carboxylic acids is 1. The Labute approximate surface area is 200 Å². The molecule has 4 aromatic rings. The molecule has 0 bridgehead atoms. The second kappa shape index (κ2) is 9.55. The van der Waals surface area contributed by atoms with E-state index in [0.717, 1.165) is 11.1 Å². The summed E-state index contributed by atoms with van der Waals surface area (Å²) in [6.07, 6.45) is 3.30. The highest BCUT2D eigenvalue weighted by molar-refractivity contribution is 5.95. The van der Waals surface area contributed by atoms with E-state index in [4.69, 9.17) is 25.4 Å². The van der Waals surface area contributed by atoms with Crippen molar-refractivity contribution in [3.8, 4) is 22.5 Å². The molecule has 1 atom stereocenters. The Morgan fingerprint density at radius 1 is 1.06 bits per heavy atom. The Balaban J connectivity index is 1.59. The Morgan fingerprint density at radius 2 is 1.80 bits per heavy atom. The molecule has 35 heavy (non-hydrogen) atoms. The average molecular weight is 475 g/mol. The SMILES string of the molecule is CC(F)C(=O)Nc1cccc(-c2cnc3c(N4CCOCC4)nc(-c4cnc(N)nc4)nc3c2)c1. The number of aromatic nitrogens is 5. The first-order chi connectivity index (χ1) is 17.0. The number of nitrogens with zero attached hydrogens (tertiary/aromatic N) is 6. The number of hydrogen-bond donors (Lipinski definition) is 2. The van der Waals surface area contributed by atoms with Gasteiger partial charge in [-0.1, -0.05) is 12.1 Å². The summed E-state index contributed by atoms with van der Waals surface area (Å²) in [5, 5.41) is 2.57. The van der Waals surface area contributed by atoms with E-state index in [1.165, 1.54) is 6.92 Å².